The lowest BCUT2D eigenvalue weighted by Gasteiger charge is -2.35. The van der Waals surface area contributed by atoms with Gasteiger partial charge in [0.1, 0.15) is 92.6 Å². The van der Waals surface area contributed by atoms with Gasteiger partial charge < -0.3 is 112 Å². The summed E-state index contributed by atoms with van der Waals surface area (Å²) in [5, 5.41) is 52.8. The number of hydrogen-bond acceptors (Lipinski definition) is 21. The van der Waals surface area contributed by atoms with Crippen molar-refractivity contribution in [2.24, 2.45) is 29.2 Å². The van der Waals surface area contributed by atoms with Crippen LogP contribution in [0, 0.1) is 17.8 Å². The van der Waals surface area contributed by atoms with Crippen molar-refractivity contribution in [3.05, 3.63) is 0 Å². The summed E-state index contributed by atoms with van der Waals surface area (Å²) < 4.78 is 0. The van der Waals surface area contributed by atoms with Gasteiger partial charge in [-0.1, -0.05) is 41.5 Å². The zero-order valence-corrected chi connectivity index (χ0v) is 73.4. The van der Waals surface area contributed by atoms with Crippen LogP contribution in [0.2, 0.25) is 0 Å². The number of carbonyl (C=O) groups excluding carboxylic acids is 20. The highest BCUT2D eigenvalue weighted by Gasteiger charge is 2.47. The van der Waals surface area contributed by atoms with Gasteiger partial charge in [0.25, 0.3) is 0 Å². The van der Waals surface area contributed by atoms with Crippen molar-refractivity contribution in [2.45, 2.75) is 330 Å². The molecular weight excluding hydrogens is 1540 g/mol. The Hall–Kier alpha value is -10.6. The maximum absolute atomic E-state index is 14.3. The standard InChI is InChI=1S/C77H134N20O21/c1-38(2)34-47(59(108)94-76(23,24)68(117)96-74(19,20)66(115)86-45(29-31-51(78)100)57(106)85-49(37-98)40(5)6)84-61(110)50-28-27-33-97(50)69(118)77(25,26)91-56(105)43(9)82-54(103)41(7)81-55(104)42(8)83-63(112)73(17,18)95-67(116)75(21,22)92-58(107)46(30-32-52(79)101)87-65(114)72(15,16)93-60(109)48(35-39(3)4)88-64(113)71(13,14)90-53(102)36-80-62(111)70(11,12)89-44(10)99/h38-43,45-50,98H,27-37H2,1-26H3,(H2,78,100)(H2,79,101)(H,80,111)(H,81,104)(H,82,103)(H,83,112)(H,84,110)(H,85,106)(H,86,115)(H,87,114)(H,88,113)(H,89,99)(H,90,102)(H,91,105)(H,92,107)(H,93,109)(H,94,108)(H,95,116)(H,96,117). The molecule has 41 heteroatoms. The first-order valence-electron chi connectivity index (χ1n) is 39.4. The fourth-order valence-corrected chi connectivity index (χ4v) is 11.5. The van der Waals surface area contributed by atoms with E-state index in [-0.39, 0.29) is 56.4 Å². The molecule has 0 spiro atoms. The third kappa shape index (κ3) is 33.8. The zero-order valence-electron chi connectivity index (χ0n) is 73.4. The lowest BCUT2D eigenvalue weighted by molar-refractivity contribution is -0.145. The Bertz CT molecular complexity index is 3730. The summed E-state index contributed by atoms with van der Waals surface area (Å²) in [5.41, 5.74) is -3.06. The number of nitrogens with zero attached hydrogens (tertiary/aromatic N) is 1. The van der Waals surface area contributed by atoms with Crippen molar-refractivity contribution in [3.8, 4) is 0 Å². The maximum Gasteiger partial charge on any atom is 0.248 e. The van der Waals surface area contributed by atoms with Crippen LogP contribution in [0.15, 0.2) is 0 Å². The smallest absolute Gasteiger partial charge is 0.248 e. The molecule has 1 aliphatic heterocycles. The van der Waals surface area contributed by atoms with Crippen LogP contribution in [0.3, 0.4) is 0 Å². The van der Waals surface area contributed by atoms with E-state index in [1.807, 2.05) is 0 Å². The van der Waals surface area contributed by atoms with E-state index in [1.165, 1.54) is 143 Å². The Morgan fingerprint density at radius 2 is 0.712 bits per heavy atom. The molecule has 0 aromatic carbocycles. The van der Waals surface area contributed by atoms with Gasteiger partial charge in [0.2, 0.25) is 118 Å². The number of hydrogen-bond donors (Lipinski definition) is 20. The fraction of sp³-hybridized carbons (Fsp3) is 0.740. The predicted octanol–water partition coefficient (Wildman–Crippen LogP) is -4.52. The van der Waals surface area contributed by atoms with Gasteiger partial charge in [0.15, 0.2) is 0 Å². The van der Waals surface area contributed by atoms with Crippen molar-refractivity contribution in [2.75, 3.05) is 19.7 Å². The van der Waals surface area contributed by atoms with Crippen LogP contribution in [-0.2, 0) is 95.9 Å². The third-order valence-corrected chi connectivity index (χ3v) is 19.1. The van der Waals surface area contributed by atoms with Gasteiger partial charge in [-0.3, -0.25) is 95.9 Å². The van der Waals surface area contributed by atoms with E-state index in [1.54, 1.807) is 41.5 Å². The number of nitrogens with one attached hydrogen (secondary N) is 17. The highest BCUT2D eigenvalue weighted by Crippen LogP contribution is 2.24. The van der Waals surface area contributed by atoms with Crippen LogP contribution in [0.25, 0.3) is 0 Å². The molecule has 1 rings (SSSR count). The summed E-state index contributed by atoms with van der Waals surface area (Å²) >= 11 is 0. The quantitative estimate of drug-likeness (QED) is 0.0273. The first-order chi connectivity index (χ1) is 53.6. The molecule has 1 heterocycles. The second kappa shape index (κ2) is 43.7. The number of primary amides is 2. The summed E-state index contributed by atoms with van der Waals surface area (Å²) in [5.74, 6) is -17.0. The molecule has 0 bridgehead atoms. The molecule has 22 N–H and O–H groups in total. The minimum Gasteiger partial charge on any atom is -0.394 e. The molecule has 0 aliphatic carbocycles. The SMILES string of the molecule is CC(=O)NC(C)(C)C(=O)NCC(=O)NC(C)(C)C(=O)NC(CC(C)C)C(=O)NC(C)(C)C(=O)NC(CCC(N)=O)C(=O)NC(C)(C)C(=O)NC(C)(C)C(=O)NC(C)C(=O)NC(C)C(=O)NC(C)C(=O)NC(C)(C)C(=O)N1CCCC1C(=O)NC(CC(C)C)C(=O)NC(C)(C)C(=O)NC(C)(C)C(=O)NC(CCC(N)=O)C(=O)NC(CO)C(C)C. The maximum atomic E-state index is 14.3. The van der Waals surface area contributed by atoms with E-state index in [4.69, 9.17) is 11.5 Å². The molecule has 1 aliphatic rings. The zero-order chi connectivity index (χ0) is 91.9. The fourth-order valence-electron chi connectivity index (χ4n) is 11.5. The second-order valence-electron chi connectivity index (χ2n) is 35.5. The van der Waals surface area contributed by atoms with Crippen molar-refractivity contribution >= 4 is 118 Å². The summed E-state index contributed by atoms with van der Waals surface area (Å²) in [6, 6.07) is -11.3. The normalized spacial score (nSPS) is 15.5. The van der Waals surface area contributed by atoms with Gasteiger partial charge in [-0.2, -0.15) is 0 Å². The Balaban J connectivity index is 3.10. The van der Waals surface area contributed by atoms with E-state index >= 15 is 0 Å². The van der Waals surface area contributed by atoms with Crippen molar-refractivity contribution < 1.29 is 101 Å². The van der Waals surface area contributed by atoms with Gasteiger partial charge in [-0.25, -0.2) is 0 Å². The van der Waals surface area contributed by atoms with Crippen LogP contribution in [0.1, 0.15) is 231 Å². The van der Waals surface area contributed by atoms with Crippen LogP contribution in [0.5, 0.6) is 0 Å². The molecule has 0 saturated carbocycles. The van der Waals surface area contributed by atoms with Gasteiger partial charge in [0.05, 0.1) is 19.2 Å². The Morgan fingerprint density at radius 3 is 1.11 bits per heavy atom. The molecule has 41 nitrogen and oxygen atoms in total. The minimum absolute atomic E-state index is 0.0306. The summed E-state index contributed by atoms with van der Waals surface area (Å²) in [4.78, 5) is 270. The van der Waals surface area contributed by atoms with Gasteiger partial charge in [-0.15, -0.1) is 0 Å². The highest BCUT2D eigenvalue weighted by atomic mass is 16.3. The molecule has 9 unspecified atom stereocenters. The number of rotatable bonds is 46. The van der Waals surface area contributed by atoms with Crippen LogP contribution in [-0.4, -0.2) is 247 Å². The molecule has 1 saturated heterocycles. The summed E-state index contributed by atoms with van der Waals surface area (Å²) in [6.07, 6.45) is -0.750. The number of nitrogens with two attached hydrogens (primary N) is 2. The van der Waals surface area contributed by atoms with E-state index in [9.17, 15) is 101 Å². The van der Waals surface area contributed by atoms with E-state index in [2.05, 4.69) is 90.4 Å². The molecular formula is C77H134N20O21. The van der Waals surface area contributed by atoms with Crippen LogP contribution in [0.4, 0.5) is 0 Å². The minimum atomic E-state index is -1.89. The second-order valence-corrected chi connectivity index (χ2v) is 35.5. The monoisotopic (exact) mass is 1680 g/mol. The van der Waals surface area contributed by atoms with Crippen LogP contribution < -0.4 is 102 Å². The van der Waals surface area contributed by atoms with E-state index in [0.29, 0.717) is 6.42 Å². The Labute approximate surface area is 690 Å². The average Bonchev–Trinajstić information content (AvgIpc) is 1.72. The predicted molar refractivity (Wildman–Crippen MR) is 431 cm³/mol. The topological polar surface area (TPSA) is 621 Å². The average molecular weight is 1680 g/mol. The highest BCUT2D eigenvalue weighted by molar-refractivity contribution is 6.04. The molecule has 118 heavy (non-hydrogen) atoms. The van der Waals surface area contributed by atoms with Crippen molar-refractivity contribution in [3.63, 3.8) is 0 Å². The summed E-state index contributed by atoms with van der Waals surface area (Å²) in [6.45, 7) is 36.0. The van der Waals surface area contributed by atoms with Crippen molar-refractivity contribution in [1.29, 1.82) is 0 Å². The van der Waals surface area contributed by atoms with Crippen molar-refractivity contribution in [1.82, 2.24) is 95.3 Å². The van der Waals surface area contributed by atoms with Gasteiger partial charge in [-0.05, 0) is 188 Å². The number of carbonyl (C=O) groups is 20. The molecule has 668 valence electrons. The molecule has 20 amide bonds. The van der Waals surface area contributed by atoms with E-state index in [0.717, 1.165) is 0 Å². The van der Waals surface area contributed by atoms with Gasteiger partial charge in [0, 0.05) is 26.3 Å². The number of likely N-dealkylation sites (tertiary alicyclic amines) is 1. The molecule has 0 radical (unpaired) electrons. The number of amides is 20. The third-order valence-electron chi connectivity index (χ3n) is 19.1. The van der Waals surface area contributed by atoms with Crippen LogP contribution >= 0.6 is 0 Å². The van der Waals surface area contributed by atoms with E-state index < -0.39 is 243 Å². The lowest BCUT2D eigenvalue weighted by atomic mass is 9.96. The Morgan fingerprint density at radius 1 is 0.373 bits per heavy atom. The Kier molecular flexibility index (Phi) is 39.0. The first kappa shape index (κ1) is 105. The first-order valence-corrected chi connectivity index (χ1v) is 39.4. The largest absolute Gasteiger partial charge is 0.394 e. The summed E-state index contributed by atoms with van der Waals surface area (Å²) in [7, 11) is 0. The number of aliphatic hydroxyl groups excluding tert-OH is 1. The number of aliphatic hydroxyl groups is 1. The molecule has 9 atom stereocenters. The molecule has 1 fully saturated rings. The van der Waals surface area contributed by atoms with Gasteiger partial charge >= 0.3 is 0 Å². The molecule has 0 aromatic heterocycles. The lowest BCUT2D eigenvalue weighted by Crippen LogP contribution is -2.66. The molecule has 0 aromatic rings.